The highest BCUT2D eigenvalue weighted by Crippen LogP contribution is 2.30. The minimum atomic E-state index is -0.748. The van der Waals surface area contributed by atoms with E-state index in [1.807, 2.05) is 11.9 Å². The number of nitrogens with zero attached hydrogens (tertiary/aromatic N) is 3. The summed E-state index contributed by atoms with van der Waals surface area (Å²) in [5.74, 6) is -0.975. The Balaban J connectivity index is 1.49. The number of hydrogen-bond acceptors (Lipinski definition) is 5. The molecule has 1 aliphatic heterocycles. The van der Waals surface area contributed by atoms with E-state index in [2.05, 4.69) is 11.9 Å². The van der Waals surface area contributed by atoms with Crippen LogP contribution in [-0.4, -0.2) is 28.7 Å². The third kappa shape index (κ3) is 4.06. The molecule has 0 radical (unpaired) electrons. The third-order valence-corrected chi connectivity index (χ3v) is 5.79. The van der Waals surface area contributed by atoms with Crippen molar-refractivity contribution in [2.75, 3.05) is 11.9 Å². The minimum absolute atomic E-state index is 0.104. The van der Waals surface area contributed by atoms with Gasteiger partial charge in [-0.1, -0.05) is 0 Å². The van der Waals surface area contributed by atoms with Gasteiger partial charge in [0.2, 0.25) is 5.88 Å². The van der Waals surface area contributed by atoms with Crippen molar-refractivity contribution in [1.29, 1.82) is 0 Å². The average Bonchev–Trinajstić information content (AvgIpc) is 3.19. The first kappa shape index (κ1) is 19.7. The van der Waals surface area contributed by atoms with Gasteiger partial charge < -0.3 is 14.4 Å². The second kappa shape index (κ2) is 8.00. The second-order valence-electron chi connectivity index (χ2n) is 7.84. The molecule has 1 aliphatic carbocycles. The first-order valence-electron chi connectivity index (χ1n) is 10.0. The van der Waals surface area contributed by atoms with Gasteiger partial charge in [0, 0.05) is 25.7 Å². The Labute approximate surface area is 168 Å². The Bertz CT molecular complexity index is 934. The molecule has 6 nitrogen and oxygen atoms in total. The zero-order valence-electron chi connectivity index (χ0n) is 16.7. The fourth-order valence-electron chi connectivity index (χ4n) is 3.92. The summed E-state index contributed by atoms with van der Waals surface area (Å²) in [4.78, 5) is 18.2. The number of hydrogen-bond donors (Lipinski definition) is 0. The van der Waals surface area contributed by atoms with Gasteiger partial charge in [0.15, 0.2) is 17.4 Å². The molecule has 29 heavy (non-hydrogen) atoms. The number of halogens is 2. The van der Waals surface area contributed by atoms with Gasteiger partial charge >= 0.3 is 5.69 Å². The first-order valence-corrected chi connectivity index (χ1v) is 10.0. The summed E-state index contributed by atoms with van der Waals surface area (Å²) < 4.78 is 41.4. The van der Waals surface area contributed by atoms with Crippen LogP contribution in [0.5, 0.6) is 11.6 Å². The predicted molar refractivity (Wildman–Crippen MR) is 105 cm³/mol. The van der Waals surface area contributed by atoms with Crippen molar-refractivity contribution >= 4 is 5.82 Å². The highest BCUT2D eigenvalue weighted by molar-refractivity contribution is 5.44. The van der Waals surface area contributed by atoms with E-state index in [1.54, 1.807) is 10.6 Å². The lowest BCUT2D eigenvalue weighted by Gasteiger charge is -2.34. The van der Waals surface area contributed by atoms with Crippen molar-refractivity contribution in [3.63, 3.8) is 0 Å². The average molecular weight is 405 g/mol. The lowest BCUT2D eigenvalue weighted by Crippen LogP contribution is -2.41. The van der Waals surface area contributed by atoms with Gasteiger partial charge in [-0.25, -0.2) is 13.6 Å². The first-order chi connectivity index (χ1) is 13.9. The Hall–Kier alpha value is -2.64. The highest BCUT2D eigenvalue weighted by atomic mass is 19.1. The molecule has 2 heterocycles. The largest absolute Gasteiger partial charge is 0.484 e. The number of fused-ring (bicyclic) bond motifs is 1. The molecule has 2 aromatic rings. The molecular weight excluding hydrogens is 380 g/mol. The lowest BCUT2D eigenvalue weighted by atomic mass is 10.1. The molecule has 1 atom stereocenters. The van der Waals surface area contributed by atoms with Crippen LogP contribution >= 0.6 is 0 Å². The van der Waals surface area contributed by atoms with Crippen LogP contribution in [0, 0.1) is 11.6 Å². The van der Waals surface area contributed by atoms with Gasteiger partial charge in [0.1, 0.15) is 12.4 Å². The van der Waals surface area contributed by atoms with Crippen LogP contribution in [0.3, 0.4) is 0 Å². The monoisotopic (exact) mass is 405 g/mol. The van der Waals surface area contributed by atoms with Gasteiger partial charge in [0.05, 0.1) is 6.10 Å². The Morgan fingerprint density at radius 3 is 2.52 bits per heavy atom. The van der Waals surface area contributed by atoms with Crippen molar-refractivity contribution < 1.29 is 18.3 Å². The van der Waals surface area contributed by atoms with Gasteiger partial charge in [-0.3, -0.25) is 4.57 Å². The number of benzene rings is 1. The molecule has 0 bridgehead atoms. The quantitative estimate of drug-likeness (QED) is 0.760. The van der Waals surface area contributed by atoms with Gasteiger partial charge in [-0.15, -0.1) is 0 Å². The maximum Gasteiger partial charge on any atom is 0.352 e. The van der Waals surface area contributed by atoms with E-state index in [-0.39, 0.29) is 24.3 Å². The summed E-state index contributed by atoms with van der Waals surface area (Å²) >= 11 is 0. The predicted octanol–water partition coefficient (Wildman–Crippen LogP) is 3.65. The van der Waals surface area contributed by atoms with Crippen molar-refractivity contribution in [3.05, 3.63) is 45.9 Å². The third-order valence-electron chi connectivity index (χ3n) is 5.79. The van der Waals surface area contributed by atoms with Crippen LogP contribution in [0.25, 0.3) is 0 Å². The zero-order valence-corrected chi connectivity index (χ0v) is 16.7. The van der Waals surface area contributed by atoms with Gasteiger partial charge in [-0.2, -0.15) is 4.98 Å². The summed E-state index contributed by atoms with van der Waals surface area (Å²) in [6, 6.07) is 4.38. The molecule has 1 aromatic heterocycles. The number of rotatable bonds is 5. The van der Waals surface area contributed by atoms with E-state index in [1.165, 1.54) is 12.1 Å². The maximum absolute atomic E-state index is 14.4. The molecule has 1 aromatic carbocycles. The summed E-state index contributed by atoms with van der Waals surface area (Å²) in [5.41, 5.74) is -0.0889. The molecule has 8 heteroatoms. The lowest BCUT2D eigenvalue weighted by molar-refractivity contribution is 0.190. The Morgan fingerprint density at radius 2 is 1.83 bits per heavy atom. The van der Waals surface area contributed by atoms with Crippen LogP contribution in [-0.2, 0) is 13.2 Å². The maximum atomic E-state index is 14.4. The molecule has 4 rings (SSSR count). The number of anilines is 1. The summed E-state index contributed by atoms with van der Waals surface area (Å²) in [5, 5.41) is 0. The van der Waals surface area contributed by atoms with Crippen molar-refractivity contribution in [2.24, 2.45) is 0 Å². The van der Waals surface area contributed by atoms with Crippen LogP contribution in [0.1, 0.15) is 44.6 Å². The van der Waals surface area contributed by atoms with E-state index in [9.17, 15) is 13.6 Å². The molecule has 156 valence electrons. The molecule has 2 aliphatic rings. The standard InChI is InChI=1S/C21H25F2N3O3/c1-13-7-8-26-19(25(13)2)11-18(24-21(26)27)28-12-14-9-16(22)20(17(23)10-14)29-15-5-3-4-6-15/h9-11,13,15H,3-8,12H2,1-2H3/t13-/m0/s1. The van der Waals surface area contributed by atoms with Crippen LogP contribution in [0.2, 0.25) is 0 Å². The fourth-order valence-corrected chi connectivity index (χ4v) is 3.92. The Kier molecular flexibility index (Phi) is 5.43. The molecule has 1 saturated carbocycles. The minimum Gasteiger partial charge on any atom is -0.484 e. The molecule has 0 saturated heterocycles. The smallest absolute Gasteiger partial charge is 0.352 e. The summed E-state index contributed by atoms with van der Waals surface area (Å²) in [6.07, 6.45) is 4.39. The topological polar surface area (TPSA) is 56.6 Å². The molecule has 0 amide bonds. The number of aromatic nitrogens is 2. The van der Waals surface area contributed by atoms with Gasteiger partial charge in [-0.05, 0) is 56.7 Å². The molecule has 1 fully saturated rings. The van der Waals surface area contributed by atoms with Crippen molar-refractivity contribution in [3.8, 4) is 11.6 Å². The van der Waals surface area contributed by atoms with E-state index in [0.29, 0.717) is 18.2 Å². The van der Waals surface area contributed by atoms with Crippen LogP contribution in [0.15, 0.2) is 23.0 Å². The van der Waals surface area contributed by atoms with E-state index >= 15 is 0 Å². The molecular formula is C21H25F2N3O3. The second-order valence-corrected chi connectivity index (χ2v) is 7.84. The summed E-state index contributed by atoms with van der Waals surface area (Å²) in [7, 11) is 1.91. The number of ether oxygens (including phenoxy) is 2. The molecule has 0 spiro atoms. The highest BCUT2D eigenvalue weighted by Gasteiger charge is 2.23. The van der Waals surface area contributed by atoms with Crippen LogP contribution in [0.4, 0.5) is 14.6 Å². The van der Waals surface area contributed by atoms with Gasteiger partial charge in [0.25, 0.3) is 0 Å². The zero-order chi connectivity index (χ0) is 20.5. The Morgan fingerprint density at radius 1 is 1.14 bits per heavy atom. The SMILES string of the molecule is C[C@H]1CCn2c(cc(OCc3cc(F)c(OC4CCCC4)c(F)c3)nc2=O)N1C. The normalized spacial score (nSPS) is 19.3. The molecule has 0 N–H and O–H groups in total. The van der Waals surface area contributed by atoms with Crippen molar-refractivity contribution in [2.45, 2.75) is 64.3 Å². The fraction of sp³-hybridized carbons (Fsp3) is 0.524. The molecule has 0 unspecified atom stereocenters. The van der Waals surface area contributed by atoms with Crippen LogP contribution < -0.4 is 20.1 Å². The van der Waals surface area contributed by atoms with E-state index < -0.39 is 17.3 Å². The van der Waals surface area contributed by atoms with Crippen molar-refractivity contribution in [1.82, 2.24) is 9.55 Å². The van der Waals surface area contributed by atoms with E-state index in [0.717, 1.165) is 37.9 Å². The van der Waals surface area contributed by atoms with E-state index in [4.69, 9.17) is 9.47 Å². The summed E-state index contributed by atoms with van der Waals surface area (Å²) in [6.45, 7) is 2.58.